The van der Waals surface area contributed by atoms with Gasteiger partial charge in [-0.15, -0.1) is 11.3 Å². The second-order valence-electron chi connectivity index (χ2n) is 5.32. The lowest BCUT2D eigenvalue weighted by molar-refractivity contribution is -0.140. The first kappa shape index (κ1) is 14.6. The molecule has 1 fully saturated rings. The highest BCUT2D eigenvalue weighted by molar-refractivity contribution is 7.21. The summed E-state index contributed by atoms with van der Waals surface area (Å²) in [5, 5.41) is 7.51. The molecule has 3 aromatic heterocycles. The SMILES string of the molecule is Cn1nc(C(F)(F)F)c2cc(-c3nc([C@H]4CCOC4)no3)sc21. The smallest absolute Gasteiger partial charge is 0.381 e. The van der Waals surface area contributed by atoms with Crippen LogP contribution in [0.5, 0.6) is 0 Å². The number of halogens is 3. The number of hydrogen-bond donors (Lipinski definition) is 0. The van der Waals surface area contributed by atoms with Crippen LogP contribution in [0.25, 0.3) is 21.0 Å². The predicted octanol–water partition coefficient (Wildman–Crippen LogP) is 3.21. The molecule has 122 valence electrons. The Labute approximate surface area is 131 Å². The molecule has 0 spiro atoms. The molecule has 10 heteroatoms. The number of ether oxygens (including phenoxy) is 1. The van der Waals surface area contributed by atoms with Crippen LogP contribution in [0.4, 0.5) is 13.2 Å². The normalized spacial score (nSPS) is 19.0. The number of nitrogens with zero attached hydrogens (tertiary/aromatic N) is 4. The van der Waals surface area contributed by atoms with Crippen molar-refractivity contribution in [2.45, 2.75) is 18.5 Å². The standard InChI is InChI=1S/C13H11F3N4O2S/c1-20-12-7(9(18-20)13(14,15)16)4-8(23-12)11-17-10(19-22-11)6-2-3-21-5-6/h4,6H,2-3,5H2,1H3/t6-/m0/s1. The summed E-state index contributed by atoms with van der Waals surface area (Å²) in [7, 11) is 1.48. The van der Waals surface area contributed by atoms with Gasteiger partial charge >= 0.3 is 6.18 Å². The minimum absolute atomic E-state index is 0.0453. The lowest BCUT2D eigenvalue weighted by Gasteiger charge is -2.00. The van der Waals surface area contributed by atoms with Gasteiger partial charge in [-0.25, -0.2) is 0 Å². The Morgan fingerprint density at radius 2 is 2.22 bits per heavy atom. The molecular formula is C13H11F3N4O2S. The van der Waals surface area contributed by atoms with Gasteiger partial charge in [-0.1, -0.05) is 5.16 Å². The third-order valence-corrected chi connectivity index (χ3v) is 4.92. The van der Waals surface area contributed by atoms with Crippen LogP contribution in [0.3, 0.4) is 0 Å². The van der Waals surface area contributed by atoms with Gasteiger partial charge in [-0.3, -0.25) is 4.68 Å². The molecule has 0 aliphatic carbocycles. The number of aromatic nitrogens is 4. The van der Waals surface area contributed by atoms with Crippen molar-refractivity contribution >= 4 is 21.6 Å². The average molecular weight is 344 g/mol. The third-order valence-electron chi connectivity index (χ3n) is 3.73. The molecule has 1 saturated heterocycles. The fourth-order valence-electron chi connectivity index (χ4n) is 2.59. The Balaban J connectivity index is 1.75. The Morgan fingerprint density at radius 1 is 1.39 bits per heavy atom. The zero-order valence-electron chi connectivity index (χ0n) is 11.9. The molecule has 0 bridgehead atoms. The summed E-state index contributed by atoms with van der Waals surface area (Å²) >= 11 is 1.14. The number of hydrogen-bond acceptors (Lipinski definition) is 6. The highest BCUT2D eigenvalue weighted by Crippen LogP contribution is 2.40. The highest BCUT2D eigenvalue weighted by atomic mass is 32.1. The molecule has 0 N–H and O–H groups in total. The van der Waals surface area contributed by atoms with Crippen LogP contribution in [0.1, 0.15) is 23.9 Å². The average Bonchev–Trinajstić information content (AvgIpc) is 3.23. The molecule has 0 unspecified atom stereocenters. The summed E-state index contributed by atoms with van der Waals surface area (Å²) in [6.07, 6.45) is -3.69. The molecule has 1 aliphatic rings. The first-order valence-electron chi connectivity index (χ1n) is 6.89. The monoisotopic (exact) mass is 344 g/mol. The summed E-state index contributed by atoms with van der Waals surface area (Å²) in [5.74, 6) is 0.833. The Morgan fingerprint density at radius 3 is 2.91 bits per heavy atom. The van der Waals surface area contributed by atoms with Gasteiger partial charge in [-0.2, -0.15) is 23.3 Å². The summed E-state index contributed by atoms with van der Waals surface area (Å²) in [5.41, 5.74) is -0.901. The van der Waals surface area contributed by atoms with Crippen molar-refractivity contribution in [2.75, 3.05) is 13.2 Å². The maximum atomic E-state index is 13.0. The van der Waals surface area contributed by atoms with E-state index in [-0.39, 0.29) is 17.2 Å². The molecule has 0 aromatic carbocycles. The van der Waals surface area contributed by atoms with Crippen LogP contribution in [0.2, 0.25) is 0 Å². The molecular weight excluding hydrogens is 333 g/mol. The molecule has 4 heterocycles. The third kappa shape index (κ3) is 2.41. The fraction of sp³-hybridized carbons (Fsp3) is 0.462. The second kappa shape index (κ2) is 5.03. The van der Waals surface area contributed by atoms with E-state index in [4.69, 9.17) is 9.26 Å². The molecule has 4 rings (SSSR count). The molecule has 3 aromatic rings. The fourth-order valence-corrected chi connectivity index (χ4v) is 3.59. The van der Waals surface area contributed by atoms with E-state index >= 15 is 0 Å². The number of rotatable bonds is 2. The van der Waals surface area contributed by atoms with Gasteiger partial charge in [0.2, 0.25) is 0 Å². The largest absolute Gasteiger partial charge is 0.435 e. The Hall–Kier alpha value is -1.94. The van der Waals surface area contributed by atoms with Gasteiger partial charge in [0.25, 0.3) is 5.89 Å². The van der Waals surface area contributed by atoms with Crippen molar-refractivity contribution in [1.29, 1.82) is 0 Å². The van der Waals surface area contributed by atoms with Crippen molar-refractivity contribution in [2.24, 2.45) is 7.05 Å². The molecule has 0 radical (unpaired) electrons. The van der Waals surface area contributed by atoms with Gasteiger partial charge in [0.05, 0.1) is 11.5 Å². The van der Waals surface area contributed by atoms with Crippen LogP contribution in [-0.2, 0) is 18.0 Å². The maximum Gasteiger partial charge on any atom is 0.435 e. The highest BCUT2D eigenvalue weighted by Gasteiger charge is 2.37. The van der Waals surface area contributed by atoms with Crippen LogP contribution in [-0.4, -0.2) is 33.1 Å². The first-order valence-corrected chi connectivity index (χ1v) is 7.70. The zero-order chi connectivity index (χ0) is 16.2. The van der Waals surface area contributed by atoms with Crippen molar-refractivity contribution in [3.63, 3.8) is 0 Å². The number of alkyl halides is 3. The van der Waals surface area contributed by atoms with Crippen LogP contribution >= 0.6 is 11.3 Å². The van der Waals surface area contributed by atoms with E-state index in [1.54, 1.807) is 0 Å². The van der Waals surface area contributed by atoms with Crippen molar-refractivity contribution in [1.82, 2.24) is 19.9 Å². The van der Waals surface area contributed by atoms with Crippen molar-refractivity contribution < 1.29 is 22.4 Å². The molecule has 1 atom stereocenters. The topological polar surface area (TPSA) is 66.0 Å². The van der Waals surface area contributed by atoms with Gasteiger partial charge < -0.3 is 9.26 Å². The summed E-state index contributed by atoms with van der Waals surface area (Å²) < 4.78 is 50.7. The zero-order valence-corrected chi connectivity index (χ0v) is 12.7. The minimum atomic E-state index is -4.50. The quantitative estimate of drug-likeness (QED) is 0.714. The van der Waals surface area contributed by atoms with Crippen molar-refractivity contribution in [3.8, 4) is 10.8 Å². The summed E-state index contributed by atoms with van der Waals surface area (Å²) in [4.78, 5) is 5.21. The lowest BCUT2D eigenvalue weighted by Crippen LogP contribution is -2.07. The van der Waals surface area contributed by atoms with E-state index in [1.807, 2.05) is 0 Å². The molecule has 6 nitrogen and oxygen atoms in total. The van der Waals surface area contributed by atoms with E-state index in [1.165, 1.54) is 17.8 Å². The van der Waals surface area contributed by atoms with Gasteiger partial charge in [0.15, 0.2) is 11.5 Å². The van der Waals surface area contributed by atoms with E-state index in [0.717, 1.165) is 17.8 Å². The maximum absolute atomic E-state index is 13.0. The Kier molecular flexibility index (Phi) is 3.20. The predicted molar refractivity (Wildman–Crippen MR) is 75.1 cm³/mol. The first-order chi connectivity index (χ1) is 10.9. The van der Waals surface area contributed by atoms with E-state index < -0.39 is 11.9 Å². The van der Waals surface area contributed by atoms with Crippen LogP contribution in [0, 0.1) is 0 Å². The van der Waals surface area contributed by atoms with Crippen LogP contribution < -0.4 is 0 Å². The summed E-state index contributed by atoms with van der Waals surface area (Å²) in [6.45, 7) is 1.19. The van der Waals surface area contributed by atoms with Gasteiger partial charge in [0.1, 0.15) is 4.83 Å². The lowest BCUT2D eigenvalue weighted by atomic mass is 10.1. The molecule has 0 amide bonds. The van der Waals surface area contributed by atoms with Gasteiger partial charge in [-0.05, 0) is 12.5 Å². The minimum Gasteiger partial charge on any atom is -0.381 e. The summed E-state index contributed by atoms with van der Waals surface area (Å²) in [6, 6.07) is 1.40. The second-order valence-corrected chi connectivity index (χ2v) is 6.35. The van der Waals surface area contributed by atoms with Crippen molar-refractivity contribution in [3.05, 3.63) is 17.6 Å². The van der Waals surface area contributed by atoms with E-state index in [9.17, 15) is 13.2 Å². The van der Waals surface area contributed by atoms with Crippen LogP contribution in [0.15, 0.2) is 10.6 Å². The Bertz CT molecular complexity index is 860. The molecule has 23 heavy (non-hydrogen) atoms. The van der Waals surface area contributed by atoms with E-state index in [2.05, 4.69) is 15.2 Å². The molecule has 0 saturated carbocycles. The number of thiophene rings is 1. The number of aryl methyl sites for hydroxylation is 1. The van der Waals surface area contributed by atoms with Gasteiger partial charge in [0, 0.05) is 25.0 Å². The molecule has 1 aliphatic heterocycles. The van der Waals surface area contributed by atoms with E-state index in [0.29, 0.717) is 28.7 Å². The number of fused-ring (bicyclic) bond motifs is 1.